The fourth-order valence-electron chi connectivity index (χ4n) is 4.09. The molecule has 0 bridgehead atoms. The molecule has 1 saturated heterocycles. The smallest absolute Gasteiger partial charge is 0.227 e. The van der Waals surface area contributed by atoms with Crippen LogP contribution in [0.3, 0.4) is 0 Å². The van der Waals surface area contributed by atoms with Crippen LogP contribution < -0.4 is 4.74 Å². The van der Waals surface area contributed by atoms with Crippen LogP contribution in [0.25, 0.3) is 0 Å². The maximum atomic E-state index is 13.0. The summed E-state index contributed by atoms with van der Waals surface area (Å²) < 4.78 is 5.20. The summed E-state index contributed by atoms with van der Waals surface area (Å²) in [5.41, 5.74) is 5.57. The van der Waals surface area contributed by atoms with Crippen LogP contribution in [-0.2, 0) is 17.6 Å². The quantitative estimate of drug-likeness (QED) is 0.591. The Morgan fingerprint density at radius 1 is 1.03 bits per heavy atom. The predicted molar refractivity (Wildman–Crippen MR) is 119 cm³/mol. The number of hydrogen-bond acceptors (Lipinski definition) is 3. The van der Waals surface area contributed by atoms with Crippen molar-refractivity contribution in [3.8, 4) is 5.75 Å². The van der Waals surface area contributed by atoms with Crippen LogP contribution in [0.1, 0.15) is 47.0 Å². The van der Waals surface area contributed by atoms with Crippen molar-refractivity contribution in [1.82, 2.24) is 9.88 Å². The van der Waals surface area contributed by atoms with Crippen molar-refractivity contribution in [3.05, 3.63) is 94.8 Å². The number of amides is 1. The molecule has 0 N–H and O–H groups in total. The average molecular weight is 401 g/mol. The minimum atomic E-state index is 0.0636. The third-order valence-electron chi connectivity index (χ3n) is 5.76. The van der Waals surface area contributed by atoms with E-state index in [1.807, 2.05) is 29.2 Å². The van der Waals surface area contributed by atoms with Gasteiger partial charge in [-0.25, -0.2) is 0 Å². The second-order valence-electron chi connectivity index (χ2n) is 7.99. The number of ether oxygens (including phenoxy) is 1. The lowest BCUT2D eigenvalue weighted by molar-refractivity contribution is -0.131. The van der Waals surface area contributed by atoms with Crippen LogP contribution >= 0.6 is 0 Å². The maximum absolute atomic E-state index is 13.0. The fraction of sp³-hybridized carbons (Fsp3) is 0.308. The molecule has 4 heteroatoms. The molecular formula is C26H28N2O2. The molecule has 2 heterocycles. The third-order valence-corrected chi connectivity index (χ3v) is 5.76. The molecule has 1 aromatic heterocycles. The van der Waals surface area contributed by atoms with Crippen molar-refractivity contribution in [3.63, 3.8) is 0 Å². The minimum absolute atomic E-state index is 0.0636. The van der Waals surface area contributed by atoms with Gasteiger partial charge in [0.05, 0.1) is 25.3 Å². The Kier molecular flexibility index (Phi) is 6.12. The Balaban J connectivity index is 1.47. The number of aromatic nitrogens is 1. The molecule has 1 aliphatic heterocycles. The van der Waals surface area contributed by atoms with Crippen molar-refractivity contribution in [2.75, 3.05) is 13.7 Å². The number of likely N-dealkylation sites (tertiary alicyclic amines) is 1. The highest BCUT2D eigenvalue weighted by Gasteiger charge is 2.30. The molecule has 30 heavy (non-hydrogen) atoms. The Hall–Kier alpha value is -3.14. The van der Waals surface area contributed by atoms with Crippen molar-refractivity contribution in [2.24, 2.45) is 0 Å². The fourth-order valence-corrected chi connectivity index (χ4v) is 4.09. The summed E-state index contributed by atoms with van der Waals surface area (Å²) >= 11 is 0. The molecule has 1 aliphatic rings. The van der Waals surface area contributed by atoms with Crippen LogP contribution in [0.2, 0.25) is 0 Å². The molecule has 154 valence electrons. The lowest BCUT2D eigenvalue weighted by Gasteiger charge is -2.25. The zero-order valence-electron chi connectivity index (χ0n) is 17.7. The number of nitrogens with zero attached hydrogens (tertiary/aromatic N) is 2. The zero-order valence-corrected chi connectivity index (χ0v) is 17.7. The first-order valence-electron chi connectivity index (χ1n) is 10.6. The van der Waals surface area contributed by atoms with E-state index in [1.165, 1.54) is 11.1 Å². The molecule has 0 aliphatic carbocycles. The summed E-state index contributed by atoms with van der Waals surface area (Å²) in [6, 6.07) is 22.6. The molecule has 0 radical (unpaired) electrons. The number of pyridine rings is 1. The molecule has 1 atom stereocenters. The normalized spacial score (nSPS) is 15.9. The van der Waals surface area contributed by atoms with Crippen molar-refractivity contribution < 1.29 is 9.53 Å². The second-order valence-corrected chi connectivity index (χ2v) is 7.99. The van der Waals surface area contributed by atoms with Gasteiger partial charge in [0.15, 0.2) is 0 Å². The predicted octanol–water partition coefficient (Wildman–Crippen LogP) is 4.90. The van der Waals surface area contributed by atoms with Gasteiger partial charge in [-0.05, 0) is 55.2 Å². The zero-order chi connectivity index (χ0) is 20.9. The summed E-state index contributed by atoms with van der Waals surface area (Å²) in [6.45, 7) is 2.89. The van der Waals surface area contributed by atoms with Gasteiger partial charge in [0.25, 0.3) is 0 Å². The van der Waals surface area contributed by atoms with Crippen LogP contribution in [-0.4, -0.2) is 29.4 Å². The second kappa shape index (κ2) is 9.12. The molecule has 1 fully saturated rings. The van der Waals surface area contributed by atoms with Gasteiger partial charge in [-0.2, -0.15) is 0 Å². The largest absolute Gasteiger partial charge is 0.497 e. The average Bonchev–Trinajstić information content (AvgIpc) is 3.26. The third kappa shape index (κ3) is 4.70. The van der Waals surface area contributed by atoms with Crippen molar-refractivity contribution >= 4 is 5.91 Å². The Bertz CT molecular complexity index is 996. The van der Waals surface area contributed by atoms with Crippen molar-refractivity contribution in [1.29, 1.82) is 0 Å². The molecule has 3 aromatic rings. The van der Waals surface area contributed by atoms with Crippen LogP contribution in [0.15, 0.2) is 66.7 Å². The van der Waals surface area contributed by atoms with Crippen molar-refractivity contribution in [2.45, 2.75) is 38.6 Å². The number of rotatable bonds is 6. The van der Waals surface area contributed by atoms with E-state index in [0.29, 0.717) is 6.42 Å². The van der Waals surface area contributed by atoms with E-state index in [0.717, 1.165) is 48.5 Å². The first-order valence-corrected chi connectivity index (χ1v) is 10.6. The monoisotopic (exact) mass is 400 g/mol. The van der Waals surface area contributed by atoms with Gasteiger partial charge in [0.1, 0.15) is 5.75 Å². The summed E-state index contributed by atoms with van der Waals surface area (Å²) in [6.07, 6.45) is 3.20. The highest BCUT2D eigenvalue weighted by Crippen LogP contribution is 2.31. The van der Waals surface area contributed by atoms with Gasteiger partial charge in [-0.3, -0.25) is 9.78 Å². The van der Waals surface area contributed by atoms with Crippen LogP contribution in [0.5, 0.6) is 5.75 Å². The number of hydrogen-bond donors (Lipinski definition) is 0. The number of aryl methyl sites for hydroxylation is 1. The van der Waals surface area contributed by atoms with Gasteiger partial charge >= 0.3 is 0 Å². The van der Waals surface area contributed by atoms with Gasteiger partial charge < -0.3 is 9.64 Å². The summed E-state index contributed by atoms with van der Waals surface area (Å²) in [5.74, 6) is 0.966. The van der Waals surface area contributed by atoms with E-state index in [2.05, 4.69) is 49.4 Å². The van der Waals surface area contributed by atoms with Gasteiger partial charge in [0, 0.05) is 18.7 Å². The standard InChI is InChI=1S/C26H28N2O2/c1-19-8-10-20(11-9-19)17-22-5-3-6-24(27-22)25-7-4-16-28(25)26(29)18-21-12-14-23(30-2)15-13-21/h3,5-6,8-15,25H,4,7,16-18H2,1-2H3/t25-/m1/s1. The Morgan fingerprint density at radius 2 is 1.77 bits per heavy atom. The summed E-state index contributed by atoms with van der Waals surface area (Å²) in [7, 11) is 1.65. The molecule has 0 unspecified atom stereocenters. The highest BCUT2D eigenvalue weighted by molar-refractivity contribution is 5.79. The number of carbonyl (C=O) groups excluding carboxylic acids is 1. The molecule has 0 saturated carbocycles. The van der Waals surface area contributed by atoms with E-state index in [1.54, 1.807) is 7.11 Å². The van der Waals surface area contributed by atoms with Gasteiger partial charge in [0.2, 0.25) is 5.91 Å². The van der Waals surface area contributed by atoms with E-state index >= 15 is 0 Å². The minimum Gasteiger partial charge on any atom is -0.497 e. The first kappa shape index (κ1) is 20.1. The lowest BCUT2D eigenvalue weighted by Crippen LogP contribution is -2.32. The van der Waals surface area contributed by atoms with Crippen LogP contribution in [0.4, 0.5) is 0 Å². The summed E-state index contributed by atoms with van der Waals surface area (Å²) in [4.78, 5) is 20.0. The van der Waals surface area contributed by atoms with E-state index < -0.39 is 0 Å². The maximum Gasteiger partial charge on any atom is 0.227 e. The molecule has 1 amide bonds. The lowest BCUT2D eigenvalue weighted by atomic mass is 10.1. The number of benzene rings is 2. The van der Waals surface area contributed by atoms with Gasteiger partial charge in [-0.1, -0.05) is 48.0 Å². The first-order chi connectivity index (χ1) is 14.6. The Labute approximate surface area is 178 Å². The molecule has 0 spiro atoms. The molecule has 4 nitrogen and oxygen atoms in total. The molecule has 4 rings (SSSR count). The highest BCUT2D eigenvalue weighted by atomic mass is 16.5. The molecule has 2 aromatic carbocycles. The van der Waals surface area contributed by atoms with E-state index in [9.17, 15) is 4.79 Å². The number of carbonyl (C=O) groups is 1. The van der Waals surface area contributed by atoms with E-state index in [4.69, 9.17) is 9.72 Å². The number of methoxy groups -OCH3 is 1. The SMILES string of the molecule is COc1ccc(CC(=O)N2CCC[C@@H]2c2cccc(Cc3ccc(C)cc3)n2)cc1. The van der Waals surface area contributed by atoms with Gasteiger partial charge in [-0.15, -0.1) is 0 Å². The topological polar surface area (TPSA) is 42.4 Å². The summed E-state index contributed by atoms with van der Waals surface area (Å²) in [5, 5.41) is 0. The molecular weight excluding hydrogens is 372 g/mol. The van der Waals surface area contributed by atoms with Crippen LogP contribution in [0, 0.1) is 6.92 Å². The van der Waals surface area contributed by atoms with E-state index in [-0.39, 0.29) is 11.9 Å². The Morgan fingerprint density at radius 3 is 2.50 bits per heavy atom.